The maximum absolute atomic E-state index is 12.8. The SMILES string of the molecule is Cc1cc(C)cc(NC(=O)CCNS(=O)(=O)c2ccc3c(c2)C[C@H](C)N3C(=O)C2CC2)c1. The van der Waals surface area contributed by atoms with Gasteiger partial charge < -0.3 is 10.2 Å². The molecule has 1 fully saturated rings. The number of amides is 2. The molecular weight excluding hydrogens is 426 g/mol. The van der Waals surface area contributed by atoms with E-state index in [0.29, 0.717) is 12.1 Å². The first kappa shape index (κ1) is 22.5. The molecule has 0 radical (unpaired) electrons. The molecule has 1 heterocycles. The van der Waals surface area contributed by atoms with Crippen molar-refractivity contribution in [1.29, 1.82) is 0 Å². The van der Waals surface area contributed by atoms with Crippen molar-refractivity contribution < 1.29 is 18.0 Å². The summed E-state index contributed by atoms with van der Waals surface area (Å²) >= 11 is 0. The molecule has 0 bridgehead atoms. The summed E-state index contributed by atoms with van der Waals surface area (Å²) in [5, 5.41) is 2.81. The number of benzene rings is 2. The second-order valence-electron chi connectivity index (χ2n) is 8.90. The lowest BCUT2D eigenvalue weighted by Gasteiger charge is -2.22. The number of fused-ring (bicyclic) bond motifs is 1. The van der Waals surface area contributed by atoms with E-state index >= 15 is 0 Å². The van der Waals surface area contributed by atoms with Crippen molar-refractivity contribution in [2.24, 2.45) is 5.92 Å². The molecule has 0 spiro atoms. The van der Waals surface area contributed by atoms with Crippen LogP contribution in [0, 0.1) is 19.8 Å². The zero-order chi connectivity index (χ0) is 23.0. The molecule has 0 saturated heterocycles. The fourth-order valence-electron chi connectivity index (χ4n) is 4.29. The minimum atomic E-state index is -3.76. The maximum atomic E-state index is 12.8. The van der Waals surface area contributed by atoms with E-state index in [0.717, 1.165) is 35.2 Å². The fourth-order valence-corrected chi connectivity index (χ4v) is 5.37. The number of rotatable bonds is 7. The molecule has 2 amide bonds. The monoisotopic (exact) mass is 455 g/mol. The molecule has 4 rings (SSSR count). The third-order valence-electron chi connectivity index (χ3n) is 5.89. The van der Waals surface area contributed by atoms with Crippen LogP contribution in [0.1, 0.15) is 42.9 Å². The molecule has 32 heavy (non-hydrogen) atoms. The topological polar surface area (TPSA) is 95.6 Å². The lowest BCUT2D eigenvalue weighted by Crippen LogP contribution is -2.36. The molecule has 8 heteroatoms. The smallest absolute Gasteiger partial charge is 0.240 e. The molecule has 1 aliphatic carbocycles. The highest BCUT2D eigenvalue weighted by molar-refractivity contribution is 7.89. The number of anilines is 2. The summed E-state index contributed by atoms with van der Waals surface area (Å²) in [6.45, 7) is 5.89. The summed E-state index contributed by atoms with van der Waals surface area (Å²) in [5.41, 5.74) is 4.46. The molecule has 1 aliphatic heterocycles. The van der Waals surface area contributed by atoms with Gasteiger partial charge in [-0.1, -0.05) is 6.07 Å². The van der Waals surface area contributed by atoms with Crippen molar-refractivity contribution in [2.45, 2.75) is 57.4 Å². The summed E-state index contributed by atoms with van der Waals surface area (Å²) in [6, 6.07) is 10.7. The van der Waals surface area contributed by atoms with Crippen LogP contribution in [-0.2, 0) is 26.0 Å². The van der Waals surface area contributed by atoms with E-state index in [1.807, 2.05) is 43.9 Å². The summed E-state index contributed by atoms with van der Waals surface area (Å²) in [7, 11) is -3.76. The Kier molecular flexibility index (Phi) is 6.09. The van der Waals surface area contributed by atoms with Gasteiger partial charge in [0.1, 0.15) is 0 Å². The Hall–Kier alpha value is -2.71. The number of carbonyl (C=O) groups excluding carboxylic acids is 2. The zero-order valence-corrected chi connectivity index (χ0v) is 19.5. The van der Waals surface area contributed by atoms with Crippen LogP contribution < -0.4 is 14.9 Å². The van der Waals surface area contributed by atoms with E-state index in [9.17, 15) is 18.0 Å². The highest BCUT2D eigenvalue weighted by Crippen LogP contribution is 2.39. The Morgan fingerprint density at radius 3 is 2.41 bits per heavy atom. The Labute approximate surface area is 189 Å². The van der Waals surface area contributed by atoms with Gasteiger partial charge in [0.2, 0.25) is 21.8 Å². The fraction of sp³-hybridized carbons (Fsp3) is 0.417. The van der Waals surface area contributed by atoms with Gasteiger partial charge >= 0.3 is 0 Å². The number of hydrogen-bond donors (Lipinski definition) is 2. The molecule has 7 nitrogen and oxygen atoms in total. The minimum absolute atomic E-state index is 0.00125. The van der Waals surface area contributed by atoms with Crippen LogP contribution in [-0.4, -0.2) is 32.8 Å². The maximum Gasteiger partial charge on any atom is 0.240 e. The Balaban J connectivity index is 1.37. The van der Waals surface area contributed by atoms with Gasteiger partial charge in [0.15, 0.2) is 0 Å². The molecule has 1 atom stereocenters. The Morgan fingerprint density at radius 1 is 1.06 bits per heavy atom. The van der Waals surface area contributed by atoms with Crippen molar-refractivity contribution in [3.8, 4) is 0 Å². The van der Waals surface area contributed by atoms with E-state index in [-0.39, 0.29) is 41.6 Å². The molecular formula is C24H29N3O4S. The lowest BCUT2D eigenvalue weighted by atomic mass is 10.1. The van der Waals surface area contributed by atoms with Gasteiger partial charge in [-0.05, 0) is 87.1 Å². The van der Waals surface area contributed by atoms with Gasteiger partial charge in [-0.3, -0.25) is 9.59 Å². The Morgan fingerprint density at radius 2 is 1.75 bits per heavy atom. The number of nitrogens with one attached hydrogen (secondary N) is 2. The van der Waals surface area contributed by atoms with Gasteiger partial charge in [-0.25, -0.2) is 13.1 Å². The Bertz CT molecular complexity index is 1150. The van der Waals surface area contributed by atoms with Crippen LogP contribution in [0.5, 0.6) is 0 Å². The molecule has 2 aliphatic rings. The highest BCUT2D eigenvalue weighted by atomic mass is 32.2. The van der Waals surface area contributed by atoms with Gasteiger partial charge in [0, 0.05) is 36.3 Å². The molecule has 0 unspecified atom stereocenters. The van der Waals surface area contributed by atoms with Crippen LogP contribution in [0.2, 0.25) is 0 Å². The van der Waals surface area contributed by atoms with E-state index in [2.05, 4.69) is 10.0 Å². The normalized spacial score (nSPS) is 17.8. The number of carbonyl (C=O) groups is 2. The van der Waals surface area contributed by atoms with Crippen LogP contribution in [0.3, 0.4) is 0 Å². The molecule has 0 aromatic heterocycles. The van der Waals surface area contributed by atoms with Gasteiger partial charge in [0.25, 0.3) is 0 Å². The number of sulfonamides is 1. The number of aryl methyl sites for hydroxylation is 2. The van der Waals surface area contributed by atoms with Crippen molar-refractivity contribution in [3.63, 3.8) is 0 Å². The van der Waals surface area contributed by atoms with Crippen LogP contribution in [0.25, 0.3) is 0 Å². The second kappa shape index (κ2) is 8.67. The molecule has 1 saturated carbocycles. The molecule has 2 aromatic rings. The lowest BCUT2D eigenvalue weighted by molar-refractivity contribution is -0.120. The first-order valence-corrected chi connectivity index (χ1v) is 12.5. The van der Waals surface area contributed by atoms with Crippen molar-refractivity contribution >= 4 is 33.2 Å². The van der Waals surface area contributed by atoms with Crippen molar-refractivity contribution in [1.82, 2.24) is 4.72 Å². The number of hydrogen-bond acceptors (Lipinski definition) is 4. The standard InChI is InChI=1S/C24H29N3O4S/c1-15-10-16(2)12-20(11-15)26-23(28)8-9-25-32(30,31)21-6-7-22-19(14-21)13-17(3)27(22)24(29)18-4-5-18/h6-7,10-12,14,17-18,25H,4-5,8-9,13H2,1-3H3,(H,26,28)/t17-/m0/s1. The first-order chi connectivity index (χ1) is 15.1. The summed E-state index contributed by atoms with van der Waals surface area (Å²) in [4.78, 5) is 26.8. The van der Waals surface area contributed by atoms with Gasteiger partial charge in [-0.15, -0.1) is 0 Å². The van der Waals surface area contributed by atoms with Crippen molar-refractivity contribution in [2.75, 3.05) is 16.8 Å². The molecule has 2 aromatic carbocycles. The minimum Gasteiger partial charge on any atom is -0.326 e. The predicted octanol–water partition coefficient (Wildman–Crippen LogP) is 3.30. The average molecular weight is 456 g/mol. The van der Waals surface area contributed by atoms with Crippen molar-refractivity contribution in [3.05, 3.63) is 53.1 Å². The number of nitrogens with zero attached hydrogens (tertiary/aromatic N) is 1. The first-order valence-electron chi connectivity index (χ1n) is 11.0. The third kappa shape index (κ3) is 4.86. The highest BCUT2D eigenvalue weighted by Gasteiger charge is 2.39. The van der Waals surface area contributed by atoms with E-state index in [1.165, 1.54) is 6.07 Å². The average Bonchev–Trinajstić information content (AvgIpc) is 3.48. The zero-order valence-electron chi connectivity index (χ0n) is 18.6. The quantitative estimate of drug-likeness (QED) is 0.670. The van der Waals surface area contributed by atoms with E-state index in [4.69, 9.17) is 0 Å². The van der Waals surface area contributed by atoms with Gasteiger partial charge in [0.05, 0.1) is 4.90 Å². The van der Waals surface area contributed by atoms with E-state index in [1.54, 1.807) is 12.1 Å². The van der Waals surface area contributed by atoms with Crippen LogP contribution in [0.4, 0.5) is 11.4 Å². The largest absolute Gasteiger partial charge is 0.326 e. The second-order valence-corrected chi connectivity index (χ2v) is 10.7. The van der Waals surface area contributed by atoms with Crippen LogP contribution in [0.15, 0.2) is 41.3 Å². The predicted molar refractivity (Wildman–Crippen MR) is 124 cm³/mol. The van der Waals surface area contributed by atoms with E-state index < -0.39 is 10.0 Å². The summed E-state index contributed by atoms with van der Waals surface area (Å²) in [6.07, 6.45) is 2.53. The van der Waals surface area contributed by atoms with Crippen LogP contribution >= 0.6 is 0 Å². The molecule has 170 valence electrons. The van der Waals surface area contributed by atoms with Gasteiger partial charge in [-0.2, -0.15) is 0 Å². The summed E-state index contributed by atoms with van der Waals surface area (Å²) < 4.78 is 28.0. The summed E-state index contributed by atoms with van der Waals surface area (Å²) in [5.74, 6) is -0.00200. The molecule has 2 N–H and O–H groups in total. The third-order valence-corrected chi connectivity index (χ3v) is 7.35.